The minimum absolute atomic E-state index is 0.197. The Morgan fingerprint density at radius 2 is 0.340 bits per heavy atom. The normalized spacial score (nSPS) is 14.0. The van der Waals surface area contributed by atoms with E-state index in [9.17, 15) is 0 Å². The molecule has 0 fully saturated rings. The predicted molar refractivity (Wildman–Crippen MR) is 633 cm³/mol. The molecule has 6 aliphatic rings. The highest BCUT2D eigenvalue weighted by Crippen LogP contribution is 2.54. The van der Waals surface area contributed by atoms with Gasteiger partial charge in [0.25, 0.3) is 20.1 Å². The van der Waals surface area contributed by atoms with Gasteiger partial charge in [-0.2, -0.15) is 0 Å². The van der Waals surface area contributed by atoms with Gasteiger partial charge in [-0.05, 0) is 342 Å². The molecule has 0 radical (unpaired) electrons. The molecule has 1 aromatic heterocycles. The third-order valence-corrected chi connectivity index (χ3v) is 56.1. The fourth-order valence-corrected chi connectivity index (χ4v) is 49.6. The average Bonchev–Trinajstić information content (AvgIpc) is 0.699. The van der Waals surface area contributed by atoms with Gasteiger partial charge in [0.15, 0.2) is 17.5 Å². The van der Waals surface area contributed by atoms with E-state index in [1.54, 1.807) is 0 Å². The van der Waals surface area contributed by atoms with E-state index >= 15 is 0 Å². The summed E-state index contributed by atoms with van der Waals surface area (Å²) in [6.07, 6.45) is 0. The summed E-state index contributed by atoms with van der Waals surface area (Å²) in [6, 6.07) is 115. The van der Waals surface area contributed by atoms with Crippen molar-refractivity contribution in [2.75, 3.05) is 29.4 Å². The maximum absolute atomic E-state index is 6.11. The first-order valence-electron chi connectivity index (χ1n) is 53.3. The standard InChI is InChI=1S/C129H138B3N9Si3/c1-76(2)142(77(3)4,78(5)6)103-52-46-100(47-53-103)139-115-61-37-94(73-109(115)130-106-64-88(22)34-58-112(106)136(97-40-28-85(19)29-41-97)118-67-91(25)70-121(139)124(118)130)127-133-128(95-38-62-116-110(74-95)131-107-65-89(23)35-59-113(107)137(98-42-30-86(20)31-43-98)119-68-92(26)71-122(125(119)131)140(116)101-48-54-104(55-49-101)143(79(7)8,80(9)10)81(11)12)135-129(134-127)96-39-63-117-111(75-96)132-108-66-90(24)36-60-114(108)138(99-44-32-87(21)33-45-99)120-69-93(27)72-123(126(120)132)141(117)102-50-56-105(57-51-102)144(82(13)14,83(15)16)84(17)18/h28-84H,1-27H3. The molecular formula is C129H138B3N9Si3. The van der Waals surface area contributed by atoms with Crippen LogP contribution in [0.15, 0.2) is 291 Å². The van der Waals surface area contributed by atoms with Gasteiger partial charge in [-0.1, -0.05) is 301 Å². The van der Waals surface area contributed by atoms with E-state index in [-0.39, 0.29) is 20.1 Å². The number of hydrogen-bond donors (Lipinski definition) is 0. The number of aromatic nitrogens is 3. The minimum atomic E-state index is -2.08. The summed E-state index contributed by atoms with van der Waals surface area (Å²) in [7, 11) is -6.25. The summed E-state index contributed by atoms with van der Waals surface area (Å²) in [5.74, 6) is 1.79. The summed E-state index contributed by atoms with van der Waals surface area (Å²) in [5, 5.41) is 4.56. The number of benzene rings is 15. The first kappa shape index (κ1) is 95.8. The van der Waals surface area contributed by atoms with Crippen LogP contribution in [0.1, 0.15) is 175 Å². The van der Waals surface area contributed by atoms with Gasteiger partial charge in [0.05, 0.1) is 24.2 Å². The van der Waals surface area contributed by atoms with Crippen molar-refractivity contribution in [2.24, 2.45) is 0 Å². The minimum Gasteiger partial charge on any atom is -0.311 e. The van der Waals surface area contributed by atoms with E-state index < -0.39 is 24.2 Å². The largest absolute Gasteiger partial charge is 0.311 e. The fraction of sp³-hybridized carbons (Fsp3) is 0.279. The second-order valence-electron chi connectivity index (χ2n) is 46.1. The average molecular weight is 1930 g/mol. The number of aryl methyl sites for hydroxylation is 9. The Morgan fingerprint density at radius 3 is 0.528 bits per heavy atom. The van der Waals surface area contributed by atoms with Crippen LogP contribution in [0.4, 0.5) is 102 Å². The van der Waals surface area contributed by atoms with Crippen LogP contribution in [0.25, 0.3) is 34.2 Å². The van der Waals surface area contributed by atoms with Gasteiger partial charge < -0.3 is 29.4 Å². The molecule has 0 saturated carbocycles. The van der Waals surface area contributed by atoms with Gasteiger partial charge in [-0.15, -0.1) is 0 Å². The molecule has 0 spiro atoms. The molecule has 6 aliphatic heterocycles. The topological polar surface area (TPSA) is 58.1 Å². The summed E-state index contributed by atoms with van der Waals surface area (Å²) in [5.41, 5.74) is 50.5. The lowest BCUT2D eigenvalue weighted by atomic mass is 9.33. The molecular weight excluding hydrogens is 1790 g/mol. The van der Waals surface area contributed by atoms with Gasteiger partial charge in [0.1, 0.15) is 0 Å². The van der Waals surface area contributed by atoms with Crippen LogP contribution >= 0.6 is 0 Å². The van der Waals surface area contributed by atoms with Crippen LogP contribution in [0, 0.1) is 62.3 Å². The number of fused-ring (bicyclic) bond motifs is 12. The maximum atomic E-state index is 6.11. The van der Waals surface area contributed by atoms with E-state index in [4.69, 9.17) is 15.0 Å². The Hall–Kier alpha value is -13.0. The van der Waals surface area contributed by atoms with Gasteiger partial charge in [0, 0.05) is 119 Å². The third kappa shape index (κ3) is 14.9. The van der Waals surface area contributed by atoms with E-state index in [0.717, 1.165) is 67.9 Å². The Balaban J connectivity index is 0.812. The number of nitrogens with zero attached hydrogens (tertiary/aromatic N) is 9. The highest BCUT2D eigenvalue weighted by atomic mass is 28.3. The zero-order valence-electron chi connectivity index (χ0n) is 89.7. The van der Waals surface area contributed by atoms with Crippen LogP contribution < -0.4 is 94.1 Å². The fourth-order valence-electron chi connectivity index (χ4n) is 29.4. The van der Waals surface area contributed by atoms with Crippen LogP contribution in [-0.4, -0.2) is 59.3 Å². The quantitative estimate of drug-likeness (QED) is 0.0655. The molecule has 0 amide bonds. The summed E-state index contributed by atoms with van der Waals surface area (Å²) in [6.45, 7) is 64.4. The molecule has 0 bridgehead atoms. The molecule has 15 aromatic carbocycles. The molecule has 720 valence electrons. The summed E-state index contributed by atoms with van der Waals surface area (Å²) < 4.78 is 0. The van der Waals surface area contributed by atoms with Gasteiger partial charge >= 0.3 is 0 Å². The molecule has 15 heteroatoms. The van der Waals surface area contributed by atoms with Crippen molar-refractivity contribution in [3.8, 4) is 34.2 Å². The lowest BCUT2D eigenvalue weighted by molar-refractivity contribution is 0.835. The van der Waals surface area contributed by atoms with Crippen LogP contribution in [0.2, 0.25) is 49.9 Å². The van der Waals surface area contributed by atoms with E-state index in [1.165, 1.54) is 166 Å². The third-order valence-electron chi connectivity index (χ3n) is 34.9. The van der Waals surface area contributed by atoms with Crippen molar-refractivity contribution in [2.45, 2.75) is 237 Å². The number of hydrogen-bond acceptors (Lipinski definition) is 9. The lowest BCUT2D eigenvalue weighted by Gasteiger charge is -2.45. The van der Waals surface area contributed by atoms with E-state index in [2.05, 4.69) is 508 Å². The molecule has 22 rings (SSSR count). The highest BCUT2D eigenvalue weighted by Gasteiger charge is 2.52. The molecule has 144 heavy (non-hydrogen) atoms. The summed E-state index contributed by atoms with van der Waals surface area (Å²) >= 11 is 0. The Morgan fingerprint density at radius 1 is 0.174 bits per heavy atom. The Kier molecular flexibility index (Phi) is 24.0. The molecule has 0 unspecified atom stereocenters. The first-order valence-corrected chi connectivity index (χ1v) is 60.0. The highest BCUT2D eigenvalue weighted by molar-refractivity contribution is 7.02. The summed E-state index contributed by atoms with van der Waals surface area (Å²) in [4.78, 5) is 33.8. The molecule has 0 aliphatic carbocycles. The number of anilines is 18. The molecule has 0 N–H and O–H groups in total. The lowest BCUT2D eigenvalue weighted by Crippen LogP contribution is -2.61. The molecule has 7 heterocycles. The molecule has 0 atom stereocenters. The smallest absolute Gasteiger partial charge is 0.252 e. The molecule has 16 aromatic rings. The van der Waals surface area contributed by atoms with Gasteiger partial charge in [0.2, 0.25) is 0 Å². The van der Waals surface area contributed by atoms with Crippen LogP contribution in [-0.2, 0) is 0 Å². The Bertz CT molecular complexity index is 6990. The van der Waals surface area contributed by atoms with Gasteiger partial charge in [-0.3, -0.25) is 0 Å². The van der Waals surface area contributed by atoms with Crippen molar-refractivity contribution in [3.05, 3.63) is 341 Å². The van der Waals surface area contributed by atoms with E-state index in [0.29, 0.717) is 67.3 Å². The van der Waals surface area contributed by atoms with Crippen molar-refractivity contribution in [1.82, 2.24) is 15.0 Å². The SMILES string of the molecule is Cc1ccc(N2c3ccc(C)cc3B3c4cc(-c5nc(-c6ccc7c(c6)B6c8cc(C)ccc8N(c8ccc(C)cc8)c8cc(C)cc(c86)N7c6ccc([Si](C(C)C)(C(C)C)C(C)C)cc6)nc(-c6ccc7c(c6)B6c8cc(C)ccc8N(c8ccc(C)cc8)c8cc(C)cc(c86)N7c6ccc([Si](C(C)C)(C(C)C)C(C)C)cc6)n5)ccc4N(c4ccc([Si](C(C)C)(C(C)C)C(C)C)cc4)c4cc(C)cc2c43)cc1. The van der Waals surface area contributed by atoms with Crippen molar-refractivity contribution in [1.29, 1.82) is 0 Å². The van der Waals surface area contributed by atoms with E-state index in [1.807, 2.05) is 0 Å². The first-order chi connectivity index (χ1) is 69.0. The molecule has 9 nitrogen and oxygen atoms in total. The second kappa shape index (κ2) is 36.0. The predicted octanol–water partition coefficient (Wildman–Crippen LogP) is 28.6. The maximum Gasteiger partial charge on any atom is 0.252 e. The van der Waals surface area contributed by atoms with Gasteiger partial charge in [-0.25, -0.2) is 15.0 Å². The monoisotopic (exact) mass is 1930 g/mol. The zero-order chi connectivity index (χ0) is 101. The Labute approximate surface area is 861 Å². The van der Waals surface area contributed by atoms with Crippen LogP contribution in [0.5, 0.6) is 0 Å². The number of rotatable bonds is 21. The zero-order valence-corrected chi connectivity index (χ0v) is 92.7. The van der Waals surface area contributed by atoms with Crippen molar-refractivity contribution < 1.29 is 0 Å². The molecule has 0 saturated heterocycles. The van der Waals surface area contributed by atoms with Crippen molar-refractivity contribution in [3.63, 3.8) is 0 Å². The second-order valence-corrected chi connectivity index (χ2v) is 63.8. The van der Waals surface area contributed by atoms with Crippen molar-refractivity contribution >= 4 is 211 Å². The van der Waals surface area contributed by atoms with Crippen LogP contribution in [0.3, 0.4) is 0 Å².